The van der Waals surface area contributed by atoms with Crippen molar-refractivity contribution in [2.45, 2.75) is 32.2 Å². The lowest BCUT2D eigenvalue weighted by Gasteiger charge is -2.36. The van der Waals surface area contributed by atoms with E-state index in [-0.39, 0.29) is 11.5 Å². The molecule has 3 rings (SSSR count). The molecule has 1 aliphatic rings. The monoisotopic (exact) mass is 351 g/mol. The second kappa shape index (κ2) is 7.08. The van der Waals surface area contributed by atoms with Gasteiger partial charge in [-0.15, -0.1) is 11.3 Å². The van der Waals surface area contributed by atoms with Crippen molar-refractivity contribution in [3.8, 4) is 17.2 Å². The van der Waals surface area contributed by atoms with E-state index in [0.717, 1.165) is 34.8 Å². The third-order valence-corrected chi connectivity index (χ3v) is 5.38. The Balaban J connectivity index is 1.90. The average Bonchev–Trinajstić information content (AvgIpc) is 3.10. The van der Waals surface area contributed by atoms with Gasteiger partial charge >= 0.3 is 0 Å². The lowest BCUT2D eigenvalue weighted by atomic mass is 9.92. The molecule has 2 heterocycles. The van der Waals surface area contributed by atoms with Crippen molar-refractivity contribution in [3.63, 3.8) is 0 Å². The maximum atomic E-state index is 9.09. The zero-order valence-corrected chi connectivity index (χ0v) is 15.2. The maximum Gasteiger partial charge on any atom is 0.194 e. The van der Waals surface area contributed by atoms with Gasteiger partial charge in [0.1, 0.15) is 5.84 Å². The quantitative estimate of drug-likeness (QED) is 0.783. The van der Waals surface area contributed by atoms with Crippen LogP contribution in [-0.2, 0) is 5.54 Å². The highest BCUT2D eigenvalue weighted by molar-refractivity contribution is 7.10. The third kappa shape index (κ3) is 3.72. The molecule has 1 aliphatic heterocycles. The highest BCUT2D eigenvalue weighted by atomic mass is 32.1. The predicted octanol–water partition coefficient (Wildman–Crippen LogP) is 3.83. The van der Waals surface area contributed by atoms with Crippen LogP contribution in [0.5, 0.6) is 0 Å². The molecule has 2 aromatic rings. The van der Waals surface area contributed by atoms with Crippen LogP contribution in [0.15, 0.2) is 40.7 Å². The number of amidine groups is 1. The summed E-state index contributed by atoms with van der Waals surface area (Å²) in [4.78, 5) is 5.71. The zero-order chi connectivity index (χ0) is 17.9. The van der Waals surface area contributed by atoms with Gasteiger partial charge < -0.3 is 10.6 Å². The van der Waals surface area contributed by atoms with E-state index in [4.69, 9.17) is 10.7 Å². The van der Waals surface area contributed by atoms with Crippen LogP contribution in [0.3, 0.4) is 0 Å². The smallest absolute Gasteiger partial charge is 0.194 e. The van der Waals surface area contributed by atoms with Gasteiger partial charge in [0.05, 0.1) is 17.2 Å². The zero-order valence-electron chi connectivity index (χ0n) is 14.4. The summed E-state index contributed by atoms with van der Waals surface area (Å²) in [6.07, 6.45) is 1.70. The Labute approximate surface area is 151 Å². The van der Waals surface area contributed by atoms with Gasteiger partial charge in [0.25, 0.3) is 0 Å². The van der Waals surface area contributed by atoms with Crippen molar-refractivity contribution in [1.82, 2.24) is 10.6 Å². The number of hydrogen-bond acceptors (Lipinski definition) is 4. The third-order valence-electron chi connectivity index (χ3n) is 4.19. The molecule has 5 nitrogen and oxygen atoms in total. The molecule has 25 heavy (non-hydrogen) atoms. The van der Waals surface area contributed by atoms with E-state index in [2.05, 4.69) is 47.0 Å². The molecular formula is C19H21N5S. The van der Waals surface area contributed by atoms with Crippen LogP contribution < -0.4 is 10.6 Å². The van der Waals surface area contributed by atoms with E-state index >= 15 is 0 Å². The fourth-order valence-electron chi connectivity index (χ4n) is 2.91. The lowest BCUT2D eigenvalue weighted by molar-refractivity contribution is 0.440. The molecule has 1 fully saturated rings. The fraction of sp³-hybridized carbons (Fsp3) is 0.316. The molecule has 128 valence electrons. The first-order chi connectivity index (χ1) is 12.0. The Morgan fingerprint density at radius 2 is 2.20 bits per heavy atom. The summed E-state index contributed by atoms with van der Waals surface area (Å²) in [7, 11) is 0. The van der Waals surface area contributed by atoms with Gasteiger partial charge in [-0.3, -0.25) is 10.4 Å². The van der Waals surface area contributed by atoms with Crippen molar-refractivity contribution < 1.29 is 0 Å². The van der Waals surface area contributed by atoms with E-state index < -0.39 is 0 Å². The minimum Gasteiger partial charge on any atom is -0.346 e. The second-order valence-corrected chi connectivity index (χ2v) is 7.27. The topological polar surface area (TPSA) is 84.1 Å². The molecule has 1 saturated heterocycles. The Morgan fingerprint density at radius 1 is 1.36 bits per heavy atom. The van der Waals surface area contributed by atoms with Crippen molar-refractivity contribution in [2.24, 2.45) is 4.99 Å². The Bertz CT molecular complexity index is 861. The highest BCUT2D eigenvalue weighted by Gasteiger charge is 2.35. The molecule has 0 saturated carbocycles. The molecule has 0 bridgehead atoms. The first-order valence-corrected chi connectivity index (χ1v) is 9.18. The SMILES string of the molecule is CCC/N=C1/C[C@@](C)(c2cc(-c3cccc(C#N)c3)cs2)NC(=N)N1. The van der Waals surface area contributed by atoms with Crippen LogP contribution in [0.25, 0.3) is 11.1 Å². The van der Waals surface area contributed by atoms with Gasteiger partial charge in [-0.05, 0) is 48.1 Å². The van der Waals surface area contributed by atoms with Crippen molar-refractivity contribution in [3.05, 3.63) is 46.2 Å². The number of nitriles is 1. The molecule has 6 heteroatoms. The molecule has 0 radical (unpaired) electrons. The number of nitrogens with zero attached hydrogens (tertiary/aromatic N) is 2. The summed E-state index contributed by atoms with van der Waals surface area (Å²) in [6.45, 7) is 4.96. The van der Waals surface area contributed by atoms with E-state index in [9.17, 15) is 0 Å². The van der Waals surface area contributed by atoms with E-state index in [0.29, 0.717) is 12.0 Å². The Kier molecular flexibility index (Phi) is 4.86. The number of guanidine groups is 1. The molecule has 0 unspecified atom stereocenters. The molecule has 0 amide bonds. The van der Waals surface area contributed by atoms with E-state index in [1.54, 1.807) is 11.3 Å². The van der Waals surface area contributed by atoms with Gasteiger partial charge in [-0.2, -0.15) is 5.26 Å². The lowest BCUT2D eigenvalue weighted by Crippen LogP contribution is -2.57. The van der Waals surface area contributed by atoms with Crippen LogP contribution >= 0.6 is 11.3 Å². The summed E-state index contributed by atoms with van der Waals surface area (Å²) in [5, 5.41) is 25.5. The van der Waals surface area contributed by atoms with Crippen LogP contribution in [0.1, 0.15) is 37.1 Å². The second-order valence-electron chi connectivity index (χ2n) is 6.35. The molecule has 1 aromatic carbocycles. The number of hydrogen-bond donors (Lipinski definition) is 3. The first-order valence-electron chi connectivity index (χ1n) is 8.30. The number of thiophene rings is 1. The van der Waals surface area contributed by atoms with Crippen LogP contribution in [0.4, 0.5) is 0 Å². The fourth-order valence-corrected chi connectivity index (χ4v) is 3.95. The van der Waals surface area contributed by atoms with Crippen molar-refractivity contribution in [1.29, 1.82) is 10.7 Å². The number of benzene rings is 1. The van der Waals surface area contributed by atoms with E-state index in [1.807, 2.05) is 24.3 Å². The maximum absolute atomic E-state index is 9.09. The normalized spacial score (nSPS) is 21.5. The standard InChI is InChI=1S/C19H21N5S/c1-3-7-22-17-10-19(2,24-18(21)23-17)16-9-15(12-25-16)14-6-4-5-13(8-14)11-20/h4-6,8-9,12H,3,7,10H2,1-2H3,(H3,21,22,23,24)/t19-/m0/s1. The largest absolute Gasteiger partial charge is 0.346 e. The van der Waals surface area contributed by atoms with Crippen LogP contribution in [0.2, 0.25) is 0 Å². The van der Waals surface area contributed by atoms with Crippen LogP contribution in [-0.4, -0.2) is 18.3 Å². The number of rotatable bonds is 4. The molecule has 1 aromatic heterocycles. The number of nitrogens with one attached hydrogen (secondary N) is 3. The summed E-state index contributed by atoms with van der Waals surface area (Å²) in [5.41, 5.74) is 2.43. The predicted molar refractivity (Wildman–Crippen MR) is 103 cm³/mol. The van der Waals surface area contributed by atoms with Gasteiger partial charge in [0, 0.05) is 17.8 Å². The molecule has 0 spiro atoms. The van der Waals surface area contributed by atoms with Gasteiger partial charge in [-0.25, -0.2) is 0 Å². The average molecular weight is 351 g/mol. The van der Waals surface area contributed by atoms with Crippen molar-refractivity contribution >= 4 is 23.1 Å². The Hall–Kier alpha value is -2.65. The molecule has 0 aliphatic carbocycles. The summed E-state index contributed by atoms with van der Waals surface area (Å²) >= 11 is 1.67. The Morgan fingerprint density at radius 3 is 2.96 bits per heavy atom. The minimum absolute atomic E-state index is 0.282. The summed E-state index contributed by atoms with van der Waals surface area (Å²) in [5.74, 6) is 1.14. The van der Waals surface area contributed by atoms with E-state index in [1.165, 1.54) is 0 Å². The molecule has 3 N–H and O–H groups in total. The summed E-state index contributed by atoms with van der Waals surface area (Å²) in [6, 6.07) is 12.0. The van der Waals surface area contributed by atoms with Crippen molar-refractivity contribution in [2.75, 3.05) is 6.54 Å². The summed E-state index contributed by atoms with van der Waals surface area (Å²) < 4.78 is 0. The first kappa shape index (κ1) is 17.2. The van der Waals surface area contributed by atoms with Crippen LogP contribution in [0, 0.1) is 16.7 Å². The highest BCUT2D eigenvalue weighted by Crippen LogP contribution is 2.35. The van der Waals surface area contributed by atoms with Gasteiger partial charge in [0.2, 0.25) is 0 Å². The van der Waals surface area contributed by atoms with Gasteiger partial charge in [0.15, 0.2) is 5.96 Å². The molecule has 1 atom stereocenters. The van der Waals surface area contributed by atoms with Gasteiger partial charge in [-0.1, -0.05) is 19.1 Å². The number of aliphatic imine (C=N–C) groups is 1. The molecular weight excluding hydrogens is 330 g/mol. The minimum atomic E-state index is -0.356.